The number of rotatable bonds is 4. The molecule has 2 amide bonds. The van der Waals surface area contributed by atoms with Crippen LogP contribution in [0.3, 0.4) is 0 Å². The number of methoxy groups -OCH3 is 1. The summed E-state index contributed by atoms with van der Waals surface area (Å²) in [6, 6.07) is 0. The van der Waals surface area contributed by atoms with Gasteiger partial charge < -0.3 is 15.0 Å². The monoisotopic (exact) mass is 338 g/mol. The average molecular weight is 338 g/mol. The van der Waals surface area contributed by atoms with E-state index in [2.05, 4.69) is 5.32 Å². The molecular weight excluding hydrogens is 316 g/mol. The summed E-state index contributed by atoms with van der Waals surface area (Å²) in [4.78, 5) is 38.7. The molecule has 0 unspecified atom stereocenters. The quantitative estimate of drug-likeness (QED) is 0.856. The fourth-order valence-corrected chi connectivity index (χ4v) is 3.67. The highest BCUT2D eigenvalue weighted by Gasteiger charge is 2.23. The summed E-state index contributed by atoms with van der Waals surface area (Å²) < 4.78 is 4.79. The van der Waals surface area contributed by atoms with Crippen molar-refractivity contribution in [2.45, 2.75) is 39.5 Å². The first-order valence-corrected chi connectivity index (χ1v) is 8.51. The number of hydrogen-bond acceptors (Lipinski definition) is 5. The summed E-state index contributed by atoms with van der Waals surface area (Å²) in [5.41, 5.74) is 1.20. The Labute approximate surface area is 139 Å². The van der Waals surface area contributed by atoms with E-state index in [1.165, 1.54) is 18.4 Å². The minimum Gasteiger partial charge on any atom is -0.465 e. The van der Waals surface area contributed by atoms with Crippen LogP contribution in [0.4, 0.5) is 5.00 Å². The molecule has 0 radical (unpaired) electrons. The normalized spacial score (nSPS) is 15.3. The van der Waals surface area contributed by atoms with E-state index >= 15 is 0 Å². The molecule has 7 heteroatoms. The number of nitrogens with one attached hydrogen (secondary N) is 1. The number of ether oxygens (including phenoxy) is 1. The van der Waals surface area contributed by atoms with Crippen molar-refractivity contribution in [3.8, 4) is 0 Å². The third-order valence-electron chi connectivity index (χ3n) is 4.03. The number of hydrogen-bond donors (Lipinski definition) is 1. The van der Waals surface area contributed by atoms with Crippen molar-refractivity contribution >= 4 is 34.1 Å². The van der Waals surface area contributed by atoms with Crippen LogP contribution in [0, 0.1) is 13.8 Å². The van der Waals surface area contributed by atoms with E-state index in [0.29, 0.717) is 23.5 Å². The van der Waals surface area contributed by atoms with Gasteiger partial charge in [0.2, 0.25) is 11.8 Å². The lowest BCUT2D eigenvalue weighted by Gasteiger charge is -2.19. The minimum atomic E-state index is -0.465. The summed E-state index contributed by atoms with van der Waals surface area (Å²) in [6.07, 6.45) is 3.31. The van der Waals surface area contributed by atoms with Crippen molar-refractivity contribution in [1.29, 1.82) is 0 Å². The molecule has 6 nitrogen and oxygen atoms in total. The van der Waals surface area contributed by atoms with Gasteiger partial charge in [-0.1, -0.05) is 6.42 Å². The van der Waals surface area contributed by atoms with E-state index in [9.17, 15) is 14.4 Å². The molecule has 0 saturated carbocycles. The standard InChI is InChI=1S/C16H22N2O4S/c1-10-11(2)23-15(14(10)16(21)22-3)17-12(19)9-18-8-6-4-5-7-13(18)20/h4-9H2,1-3H3,(H,17,19). The maximum Gasteiger partial charge on any atom is 0.341 e. The zero-order chi connectivity index (χ0) is 17.0. The van der Waals surface area contributed by atoms with Crippen LogP contribution in [-0.2, 0) is 14.3 Å². The number of thiophene rings is 1. The van der Waals surface area contributed by atoms with Crippen LogP contribution < -0.4 is 5.32 Å². The first kappa shape index (κ1) is 17.5. The summed E-state index contributed by atoms with van der Waals surface area (Å²) in [7, 11) is 1.32. The Morgan fingerprint density at radius 1 is 1.26 bits per heavy atom. The fourth-order valence-electron chi connectivity index (χ4n) is 2.61. The number of nitrogens with zero attached hydrogens (tertiary/aromatic N) is 1. The highest BCUT2D eigenvalue weighted by molar-refractivity contribution is 7.16. The van der Waals surface area contributed by atoms with Crippen LogP contribution in [0.5, 0.6) is 0 Å². The second kappa shape index (κ2) is 7.59. The summed E-state index contributed by atoms with van der Waals surface area (Å²) >= 11 is 1.34. The third-order valence-corrected chi connectivity index (χ3v) is 5.16. The lowest BCUT2D eigenvalue weighted by molar-refractivity contribution is -0.134. The number of esters is 1. The van der Waals surface area contributed by atoms with Gasteiger partial charge in [-0.15, -0.1) is 11.3 Å². The van der Waals surface area contributed by atoms with E-state index in [-0.39, 0.29) is 18.4 Å². The molecule has 1 aromatic heterocycles. The number of likely N-dealkylation sites (tertiary alicyclic amines) is 1. The van der Waals surface area contributed by atoms with Crippen molar-refractivity contribution in [3.63, 3.8) is 0 Å². The Hall–Kier alpha value is -1.89. The first-order chi connectivity index (χ1) is 10.9. The molecular formula is C16H22N2O4S. The summed E-state index contributed by atoms with van der Waals surface area (Å²) in [6.45, 7) is 4.35. The molecule has 1 saturated heterocycles. The maximum atomic E-state index is 12.3. The molecule has 126 valence electrons. The largest absolute Gasteiger partial charge is 0.465 e. The zero-order valence-corrected chi connectivity index (χ0v) is 14.5. The molecule has 0 aromatic carbocycles. The molecule has 0 aliphatic carbocycles. The molecule has 23 heavy (non-hydrogen) atoms. The van der Waals surface area contributed by atoms with Gasteiger partial charge in [0.15, 0.2) is 0 Å². The number of anilines is 1. The van der Waals surface area contributed by atoms with Gasteiger partial charge in [-0.3, -0.25) is 9.59 Å². The lowest BCUT2D eigenvalue weighted by Crippen LogP contribution is -2.37. The van der Waals surface area contributed by atoms with Gasteiger partial charge in [0.25, 0.3) is 0 Å². The van der Waals surface area contributed by atoms with E-state index in [0.717, 1.165) is 29.7 Å². The van der Waals surface area contributed by atoms with E-state index in [4.69, 9.17) is 4.74 Å². The van der Waals surface area contributed by atoms with E-state index in [1.807, 2.05) is 13.8 Å². The Morgan fingerprint density at radius 2 is 2.00 bits per heavy atom. The number of carbonyl (C=O) groups is 3. The van der Waals surface area contributed by atoms with E-state index in [1.54, 1.807) is 4.90 Å². The Bertz CT molecular complexity index is 624. The van der Waals surface area contributed by atoms with Gasteiger partial charge in [0.05, 0.1) is 19.2 Å². The zero-order valence-electron chi connectivity index (χ0n) is 13.7. The van der Waals surface area contributed by atoms with Crippen molar-refractivity contribution in [1.82, 2.24) is 4.90 Å². The van der Waals surface area contributed by atoms with Crippen LogP contribution in [0.25, 0.3) is 0 Å². The third kappa shape index (κ3) is 4.10. The van der Waals surface area contributed by atoms with Crippen LogP contribution in [0.1, 0.15) is 46.5 Å². The van der Waals surface area contributed by atoms with E-state index < -0.39 is 5.97 Å². The maximum absolute atomic E-state index is 12.3. The predicted molar refractivity (Wildman–Crippen MR) is 88.8 cm³/mol. The predicted octanol–water partition coefficient (Wildman–Crippen LogP) is 2.49. The smallest absolute Gasteiger partial charge is 0.341 e. The van der Waals surface area contributed by atoms with Gasteiger partial charge in [-0.2, -0.15) is 0 Å². The Balaban J connectivity index is 2.09. The van der Waals surface area contributed by atoms with Crippen molar-refractivity contribution in [3.05, 3.63) is 16.0 Å². The number of amides is 2. The second-order valence-electron chi connectivity index (χ2n) is 5.65. The molecule has 1 N–H and O–H groups in total. The minimum absolute atomic E-state index is 0.0179. The van der Waals surface area contributed by atoms with Gasteiger partial charge in [0, 0.05) is 17.8 Å². The molecule has 1 fully saturated rings. The van der Waals surface area contributed by atoms with Gasteiger partial charge in [0.1, 0.15) is 5.00 Å². The molecule has 0 atom stereocenters. The van der Waals surface area contributed by atoms with Gasteiger partial charge in [-0.05, 0) is 32.3 Å². The Morgan fingerprint density at radius 3 is 2.70 bits per heavy atom. The van der Waals surface area contributed by atoms with Crippen LogP contribution >= 0.6 is 11.3 Å². The fraction of sp³-hybridized carbons (Fsp3) is 0.562. The number of carbonyl (C=O) groups excluding carboxylic acids is 3. The summed E-state index contributed by atoms with van der Waals surface area (Å²) in [5, 5.41) is 3.25. The SMILES string of the molecule is COC(=O)c1c(NC(=O)CN2CCCCCC2=O)sc(C)c1C. The van der Waals surface area contributed by atoms with Gasteiger partial charge >= 0.3 is 5.97 Å². The van der Waals surface area contributed by atoms with Crippen LogP contribution in [0.15, 0.2) is 0 Å². The lowest BCUT2D eigenvalue weighted by atomic mass is 10.1. The average Bonchev–Trinajstić information content (AvgIpc) is 2.66. The molecule has 2 heterocycles. The molecule has 0 bridgehead atoms. The first-order valence-electron chi connectivity index (χ1n) is 7.70. The molecule has 2 rings (SSSR count). The van der Waals surface area contributed by atoms with Crippen LogP contribution in [0.2, 0.25) is 0 Å². The van der Waals surface area contributed by atoms with Crippen molar-refractivity contribution < 1.29 is 19.1 Å². The Kier molecular flexibility index (Phi) is 5.76. The van der Waals surface area contributed by atoms with Crippen molar-refractivity contribution in [2.75, 3.05) is 25.5 Å². The second-order valence-corrected chi connectivity index (χ2v) is 6.88. The number of aryl methyl sites for hydroxylation is 1. The van der Waals surface area contributed by atoms with Gasteiger partial charge in [-0.25, -0.2) is 4.79 Å². The highest BCUT2D eigenvalue weighted by atomic mass is 32.1. The van der Waals surface area contributed by atoms with Crippen molar-refractivity contribution in [2.24, 2.45) is 0 Å². The molecule has 1 aromatic rings. The molecule has 1 aliphatic heterocycles. The topological polar surface area (TPSA) is 75.7 Å². The molecule has 1 aliphatic rings. The van der Waals surface area contributed by atoms with Crippen LogP contribution in [-0.4, -0.2) is 42.9 Å². The summed E-state index contributed by atoms with van der Waals surface area (Å²) in [5.74, 6) is -0.732. The highest BCUT2D eigenvalue weighted by Crippen LogP contribution is 2.32. The molecule has 0 spiro atoms.